The van der Waals surface area contributed by atoms with Crippen molar-refractivity contribution < 1.29 is 0 Å². The molecule has 0 aliphatic heterocycles. The average Bonchev–Trinajstić information content (AvgIpc) is 3.17. The molecular formula is C20H20N6S. The number of nitrogens with one attached hydrogen (secondary N) is 2. The van der Waals surface area contributed by atoms with Gasteiger partial charge in [-0.05, 0) is 61.0 Å². The predicted molar refractivity (Wildman–Crippen MR) is 109 cm³/mol. The molecule has 0 bridgehead atoms. The molecule has 0 saturated heterocycles. The molecule has 3 aromatic heterocycles. The number of rotatable bonds is 6. The number of hydrogen-bond acceptors (Lipinski definition) is 6. The molecule has 4 rings (SSSR count). The fourth-order valence-electron chi connectivity index (χ4n) is 2.90. The normalized spacial score (nSPS) is 11.0. The lowest BCUT2D eigenvalue weighted by atomic mass is 10.1. The molecule has 0 amide bonds. The zero-order valence-electron chi connectivity index (χ0n) is 15.2. The van der Waals surface area contributed by atoms with Crippen molar-refractivity contribution in [3.63, 3.8) is 0 Å². The van der Waals surface area contributed by atoms with Gasteiger partial charge in [-0.1, -0.05) is 19.4 Å². The van der Waals surface area contributed by atoms with Crippen LogP contribution in [0.2, 0.25) is 0 Å². The summed E-state index contributed by atoms with van der Waals surface area (Å²) < 4.78 is 0. The van der Waals surface area contributed by atoms with E-state index in [1.807, 2.05) is 6.07 Å². The van der Waals surface area contributed by atoms with Crippen LogP contribution >= 0.6 is 11.8 Å². The van der Waals surface area contributed by atoms with E-state index < -0.39 is 0 Å². The van der Waals surface area contributed by atoms with Gasteiger partial charge in [0, 0.05) is 22.2 Å². The standard InChI is InChI=1S/C20H20N6S/c1-3-4-14-6-7-15-16(9-10-21-19(15)24-14)25-17-11-13(2)5-8-18(17)27-20-22-12-23-26-20/h5-12H,3-4H2,1-2H3,(H,21,24,25)(H,22,23,26). The highest BCUT2D eigenvalue weighted by Gasteiger charge is 2.10. The molecule has 27 heavy (non-hydrogen) atoms. The topological polar surface area (TPSA) is 79.4 Å². The van der Waals surface area contributed by atoms with Crippen molar-refractivity contribution in [1.29, 1.82) is 0 Å². The first-order valence-corrected chi connectivity index (χ1v) is 9.70. The van der Waals surface area contributed by atoms with Gasteiger partial charge in [0.2, 0.25) is 0 Å². The van der Waals surface area contributed by atoms with Crippen LogP contribution < -0.4 is 5.32 Å². The van der Waals surface area contributed by atoms with Crippen molar-refractivity contribution in [3.05, 3.63) is 60.2 Å². The second-order valence-electron chi connectivity index (χ2n) is 6.30. The largest absolute Gasteiger partial charge is 0.354 e. The summed E-state index contributed by atoms with van der Waals surface area (Å²) in [6, 6.07) is 12.5. The predicted octanol–water partition coefficient (Wildman–Crippen LogP) is 4.90. The second kappa shape index (κ2) is 7.75. The lowest BCUT2D eigenvalue weighted by molar-refractivity contribution is 0.887. The van der Waals surface area contributed by atoms with Gasteiger partial charge in [-0.15, -0.1) is 0 Å². The van der Waals surface area contributed by atoms with E-state index in [1.54, 1.807) is 18.0 Å². The third kappa shape index (κ3) is 3.93. The van der Waals surface area contributed by atoms with Crippen molar-refractivity contribution in [3.8, 4) is 0 Å². The Morgan fingerprint density at radius 2 is 2.00 bits per heavy atom. The molecule has 2 N–H and O–H groups in total. The molecule has 0 atom stereocenters. The highest BCUT2D eigenvalue weighted by atomic mass is 32.2. The van der Waals surface area contributed by atoms with Crippen LogP contribution in [-0.4, -0.2) is 25.1 Å². The second-order valence-corrected chi connectivity index (χ2v) is 7.33. The van der Waals surface area contributed by atoms with Crippen LogP contribution in [0.1, 0.15) is 24.6 Å². The molecule has 0 aliphatic carbocycles. The van der Waals surface area contributed by atoms with Crippen molar-refractivity contribution in [2.45, 2.75) is 36.7 Å². The minimum absolute atomic E-state index is 0.757. The minimum atomic E-state index is 0.757. The Hall–Kier alpha value is -2.93. The number of benzene rings is 1. The molecule has 7 heteroatoms. The van der Waals surface area contributed by atoms with Crippen molar-refractivity contribution in [1.82, 2.24) is 25.1 Å². The van der Waals surface area contributed by atoms with Gasteiger partial charge >= 0.3 is 0 Å². The quantitative estimate of drug-likeness (QED) is 0.498. The maximum absolute atomic E-state index is 4.69. The Morgan fingerprint density at radius 3 is 2.81 bits per heavy atom. The fraction of sp³-hybridized carbons (Fsp3) is 0.200. The van der Waals surface area contributed by atoms with Gasteiger partial charge in [0.1, 0.15) is 6.33 Å². The number of hydrogen-bond donors (Lipinski definition) is 2. The van der Waals surface area contributed by atoms with Gasteiger partial charge in [0.25, 0.3) is 0 Å². The number of H-pyrrole nitrogens is 1. The summed E-state index contributed by atoms with van der Waals surface area (Å²) in [5.74, 6) is 0. The summed E-state index contributed by atoms with van der Waals surface area (Å²) in [7, 11) is 0. The van der Waals surface area contributed by atoms with Gasteiger partial charge < -0.3 is 5.32 Å². The molecule has 3 heterocycles. The molecule has 1 aromatic carbocycles. The van der Waals surface area contributed by atoms with E-state index in [-0.39, 0.29) is 0 Å². The van der Waals surface area contributed by atoms with E-state index >= 15 is 0 Å². The summed E-state index contributed by atoms with van der Waals surface area (Å²) >= 11 is 1.54. The fourth-order valence-corrected chi connectivity index (χ4v) is 3.66. The van der Waals surface area contributed by atoms with Crippen LogP contribution in [0.5, 0.6) is 0 Å². The molecule has 6 nitrogen and oxygen atoms in total. The van der Waals surface area contributed by atoms with E-state index in [0.29, 0.717) is 0 Å². The molecular weight excluding hydrogens is 356 g/mol. The van der Waals surface area contributed by atoms with Gasteiger partial charge in [0.15, 0.2) is 10.8 Å². The van der Waals surface area contributed by atoms with E-state index in [4.69, 9.17) is 0 Å². The highest BCUT2D eigenvalue weighted by molar-refractivity contribution is 7.99. The monoisotopic (exact) mass is 376 g/mol. The first-order valence-electron chi connectivity index (χ1n) is 8.88. The lowest BCUT2D eigenvalue weighted by Gasteiger charge is -2.14. The molecule has 0 saturated carbocycles. The smallest absolute Gasteiger partial charge is 0.188 e. The lowest BCUT2D eigenvalue weighted by Crippen LogP contribution is -1.98. The van der Waals surface area contributed by atoms with Crippen LogP contribution in [0, 0.1) is 6.92 Å². The summed E-state index contributed by atoms with van der Waals surface area (Å²) in [5, 5.41) is 12.1. The molecule has 4 aromatic rings. The molecule has 0 spiro atoms. The van der Waals surface area contributed by atoms with E-state index in [1.165, 1.54) is 11.9 Å². The van der Waals surface area contributed by atoms with Gasteiger partial charge in [-0.25, -0.2) is 15.0 Å². The van der Waals surface area contributed by atoms with Crippen molar-refractivity contribution >= 4 is 34.2 Å². The zero-order chi connectivity index (χ0) is 18.6. The Bertz CT molecular complexity index is 1060. The van der Waals surface area contributed by atoms with Crippen LogP contribution in [0.25, 0.3) is 11.0 Å². The third-order valence-corrected chi connectivity index (χ3v) is 5.14. The molecule has 136 valence electrons. The molecule has 0 aliphatic rings. The maximum atomic E-state index is 4.69. The van der Waals surface area contributed by atoms with E-state index in [2.05, 4.69) is 74.6 Å². The van der Waals surface area contributed by atoms with Crippen LogP contribution in [0.3, 0.4) is 0 Å². The van der Waals surface area contributed by atoms with Gasteiger partial charge in [-0.3, -0.25) is 5.10 Å². The van der Waals surface area contributed by atoms with Crippen LogP contribution in [0.4, 0.5) is 11.4 Å². The maximum Gasteiger partial charge on any atom is 0.188 e. The summed E-state index contributed by atoms with van der Waals surface area (Å²) in [6.07, 6.45) is 5.35. The number of aryl methyl sites for hydroxylation is 2. The highest BCUT2D eigenvalue weighted by Crippen LogP contribution is 2.35. The van der Waals surface area contributed by atoms with E-state index in [9.17, 15) is 0 Å². The van der Waals surface area contributed by atoms with Crippen molar-refractivity contribution in [2.24, 2.45) is 0 Å². The number of pyridine rings is 2. The number of aromatic amines is 1. The van der Waals surface area contributed by atoms with Crippen LogP contribution in [0.15, 0.2) is 59.0 Å². The summed E-state index contributed by atoms with van der Waals surface area (Å²) in [5.41, 5.74) is 5.03. The third-order valence-electron chi connectivity index (χ3n) is 4.17. The Morgan fingerprint density at radius 1 is 1.07 bits per heavy atom. The first-order chi connectivity index (χ1) is 13.2. The zero-order valence-corrected chi connectivity index (χ0v) is 16.0. The Kier molecular flexibility index (Phi) is 5.02. The summed E-state index contributed by atoms with van der Waals surface area (Å²) in [4.78, 5) is 14.4. The van der Waals surface area contributed by atoms with Crippen LogP contribution in [-0.2, 0) is 6.42 Å². The number of fused-ring (bicyclic) bond motifs is 1. The molecule has 0 unspecified atom stereocenters. The van der Waals surface area contributed by atoms with Gasteiger partial charge in [-0.2, -0.15) is 5.10 Å². The van der Waals surface area contributed by atoms with Crippen molar-refractivity contribution in [2.75, 3.05) is 5.32 Å². The van der Waals surface area contributed by atoms with Gasteiger partial charge in [0.05, 0.1) is 11.4 Å². The SMILES string of the molecule is CCCc1ccc2c(Nc3cc(C)ccc3Sc3ncn[nH]3)ccnc2n1. The van der Waals surface area contributed by atoms with E-state index in [0.717, 1.165) is 51.0 Å². The Balaban J connectivity index is 1.70. The Labute approximate surface area is 161 Å². The average molecular weight is 376 g/mol. The first kappa shape index (κ1) is 17.5. The molecule has 0 radical (unpaired) electrons. The number of aromatic nitrogens is 5. The minimum Gasteiger partial charge on any atom is -0.354 e. The number of nitrogens with zero attached hydrogens (tertiary/aromatic N) is 4. The molecule has 0 fully saturated rings. The number of anilines is 2. The summed E-state index contributed by atoms with van der Waals surface area (Å²) in [6.45, 7) is 4.24.